The Kier molecular flexibility index (Phi) is 4.49. The summed E-state index contributed by atoms with van der Waals surface area (Å²) in [6.07, 6.45) is 1.63. The van der Waals surface area contributed by atoms with Gasteiger partial charge in [0.15, 0.2) is 0 Å². The highest BCUT2D eigenvalue weighted by molar-refractivity contribution is 5.31. The number of pyridine rings is 1. The van der Waals surface area contributed by atoms with Crippen molar-refractivity contribution in [2.24, 2.45) is 0 Å². The largest absolute Gasteiger partial charge is 0.497 e. The molecular formula is C15H15N3O. The second kappa shape index (κ2) is 6.53. The first-order chi connectivity index (χ1) is 9.33. The molecule has 4 heteroatoms. The van der Waals surface area contributed by atoms with E-state index < -0.39 is 0 Å². The van der Waals surface area contributed by atoms with E-state index in [1.54, 1.807) is 13.3 Å². The first-order valence-electron chi connectivity index (χ1n) is 6.01. The summed E-state index contributed by atoms with van der Waals surface area (Å²) in [6, 6.07) is 13.7. The van der Waals surface area contributed by atoms with Gasteiger partial charge in [-0.25, -0.2) is 4.98 Å². The van der Waals surface area contributed by atoms with Crippen LogP contribution in [-0.4, -0.2) is 12.1 Å². The van der Waals surface area contributed by atoms with Crippen LogP contribution in [0.25, 0.3) is 0 Å². The van der Waals surface area contributed by atoms with Crippen molar-refractivity contribution in [1.29, 1.82) is 5.26 Å². The third-order valence-electron chi connectivity index (χ3n) is 2.78. The van der Waals surface area contributed by atoms with E-state index in [4.69, 9.17) is 10.00 Å². The maximum Gasteiger partial charge on any atom is 0.144 e. The number of hydrogen-bond acceptors (Lipinski definition) is 4. The number of nitriles is 1. The number of benzene rings is 1. The third kappa shape index (κ3) is 3.54. The fourth-order valence-corrected chi connectivity index (χ4v) is 1.81. The van der Waals surface area contributed by atoms with E-state index >= 15 is 0 Å². The van der Waals surface area contributed by atoms with Crippen molar-refractivity contribution in [1.82, 2.24) is 10.3 Å². The smallest absolute Gasteiger partial charge is 0.144 e. The van der Waals surface area contributed by atoms with Gasteiger partial charge in [0, 0.05) is 24.8 Å². The van der Waals surface area contributed by atoms with Crippen molar-refractivity contribution in [2.45, 2.75) is 13.1 Å². The fraction of sp³-hybridized carbons (Fsp3) is 0.200. The van der Waals surface area contributed by atoms with Crippen molar-refractivity contribution in [3.63, 3.8) is 0 Å². The molecule has 0 aliphatic heterocycles. The van der Waals surface area contributed by atoms with Crippen LogP contribution in [0.2, 0.25) is 0 Å². The van der Waals surface area contributed by atoms with E-state index in [1.165, 1.54) is 0 Å². The molecule has 96 valence electrons. The Morgan fingerprint density at radius 1 is 1.26 bits per heavy atom. The zero-order valence-electron chi connectivity index (χ0n) is 10.8. The van der Waals surface area contributed by atoms with Crippen LogP contribution >= 0.6 is 0 Å². The van der Waals surface area contributed by atoms with Gasteiger partial charge in [-0.3, -0.25) is 0 Å². The van der Waals surface area contributed by atoms with Gasteiger partial charge in [0.05, 0.1) is 7.11 Å². The zero-order chi connectivity index (χ0) is 13.5. The Bertz CT molecular complexity index is 590. The van der Waals surface area contributed by atoms with E-state index in [0.29, 0.717) is 12.2 Å². The van der Waals surface area contributed by atoms with E-state index in [-0.39, 0.29) is 0 Å². The lowest BCUT2D eigenvalue weighted by molar-refractivity contribution is 0.414. The molecule has 4 nitrogen and oxygen atoms in total. The average molecular weight is 253 g/mol. The van der Waals surface area contributed by atoms with Gasteiger partial charge in [-0.1, -0.05) is 18.2 Å². The van der Waals surface area contributed by atoms with E-state index in [9.17, 15) is 0 Å². The van der Waals surface area contributed by atoms with Crippen molar-refractivity contribution in [3.05, 3.63) is 59.4 Å². The molecule has 2 rings (SSSR count). The number of methoxy groups -OCH3 is 1. The Balaban J connectivity index is 1.94. The van der Waals surface area contributed by atoms with Crippen molar-refractivity contribution >= 4 is 0 Å². The maximum atomic E-state index is 8.95. The Morgan fingerprint density at radius 3 is 2.95 bits per heavy atom. The summed E-state index contributed by atoms with van der Waals surface area (Å²) in [7, 11) is 1.65. The van der Waals surface area contributed by atoms with Crippen LogP contribution < -0.4 is 10.1 Å². The molecule has 0 fully saturated rings. The number of hydrogen-bond donors (Lipinski definition) is 1. The molecule has 0 bridgehead atoms. The predicted octanol–water partition coefficient (Wildman–Crippen LogP) is 2.25. The zero-order valence-corrected chi connectivity index (χ0v) is 10.8. The van der Waals surface area contributed by atoms with Gasteiger partial charge < -0.3 is 10.1 Å². The monoisotopic (exact) mass is 253 g/mol. The maximum absolute atomic E-state index is 8.95. The molecule has 0 saturated heterocycles. The summed E-state index contributed by atoms with van der Waals surface area (Å²) < 4.78 is 5.18. The highest BCUT2D eigenvalue weighted by Crippen LogP contribution is 2.12. The standard InChI is InChI=1S/C15H15N3O/c1-19-14-6-2-4-12(8-14)10-17-11-13-5-3-7-18-15(13)9-16/h2-8,17H,10-11H2,1H3. The van der Waals surface area contributed by atoms with E-state index in [0.717, 1.165) is 23.4 Å². The van der Waals surface area contributed by atoms with Crippen molar-refractivity contribution in [2.75, 3.05) is 7.11 Å². The van der Waals surface area contributed by atoms with Crippen LogP contribution in [0, 0.1) is 11.3 Å². The quantitative estimate of drug-likeness (QED) is 0.888. The summed E-state index contributed by atoms with van der Waals surface area (Å²) in [5.74, 6) is 0.846. The van der Waals surface area contributed by atoms with Gasteiger partial charge in [-0.2, -0.15) is 5.26 Å². The molecule has 0 saturated carbocycles. The van der Waals surface area contributed by atoms with E-state index in [1.807, 2.05) is 36.4 Å². The molecule has 0 aliphatic rings. The van der Waals surface area contributed by atoms with Crippen molar-refractivity contribution in [3.8, 4) is 11.8 Å². The highest BCUT2D eigenvalue weighted by Gasteiger charge is 2.02. The topological polar surface area (TPSA) is 57.9 Å². The minimum atomic E-state index is 0.473. The van der Waals surface area contributed by atoms with Crippen LogP contribution in [0.1, 0.15) is 16.8 Å². The van der Waals surface area contributed by atoms with Crippen LogP contribution in [0.3, 0.4) is 0 Å². The lowest BCUT2D eigenvalue weighted by atomic mass is 10.2. The van der Waals surface area contributed by atoms with Crippen LogP contribution in [0.5, 0.6) is 5.75 Å². The van der Waals surface area contributed by atoms with Crippen molar-refractivity contribution < 1.29 is 4.74 Å². The molecule has 0 unspecified atom stereocenters. The number of aromatic nitrogens is 1. The summed E-state index contributed by atoms with van der Waals surface area (Å²) in [5.41, 5.74) is 2.52. The molecule has 2 aromatic rings. The van der Waals surface area contributed by atoms with Gasteiger partial charge >= 0.3 is 0 Å². The minimum Gasteiger partial charge on any atom is -0.497 e. The van der Waals surface area contributed by atoms with Crippen LogP contribution in [0.4, 0.5) is 0 Å². The molecule has 0 amide bonds. The fourth-order valence-electron chi connectivity index (χ4n) is 1.81. The van der Waals surface area contributed by atoms with Gasteiger partial charge in [-0.05, 0) is 23.8 Å². The molecule has 19 heavy (non-hydrogen) atoms. The molecule has 0 radical (unpaired) electrons. The summed E-state index contributed by atoms with van der Waals surface area (Å²) in [5, 5.41) is 12.2. The molecule has 1 aromatic carbocycles. The minimum absolute atomic E-state index is 0.473. The average Bonchev–Trinajstić information content (AvgIpc) is 2.48. The Hall–Kier alpha value is -2.38. The number of nitrogens with zero attached hydrogens (tertiary/aromatic N) is 2. The molecular weight excluding hydrogens is 238 g/mol. The number of rotatable bonds is 5. The SMILES string of the molecule is COc1cccc(CNCc2cccnc2C#N)c1. The second-order valence-corrected chi connectivity index (χ2v) is 4.08. The highest BCUT2D eigenvalue weighted by atomic mass is 16.5. The predicted molar refractivity (Wildman–Crippen MR) is 72.5 cm³/mol. The lowest BCUT2D eigenvalue weighted by Crippen LogP contribution is -2.14. The molecule has 0 atom stereocenters. The molecule has 0 spiro atoms. The van der Waals surface area contributed by atoms with Gasteiger partial charge in [-0.15, -0.1) is 0 Å². The second-order valence-electron chi connectivity index (χ2n) is 4.08. The summed E-state index contributed by atoms with van der Waals surface area (Å²) in [4.78, 5) is 4.03. The normalized spacial score (nSPS) is 9.89. The number of ether oxygens (including phenoxy) is 1. The molecule has 1 aromatic heterocycles. The molecule has 0 aliphatic carbocycles. The van der Waals surface area contributed by atoms with E-state index in [2.05, 4.69) is 16.4 Å². The summed E-state index contributed by atoms with van der Waals surface area (Å²) in [6.45, 7) is 1.34. The van der Waals surface area contributed by atoms with Gasteiger partial charge in [0.2, 0.25) is 0 Å². The van der Waals surface area contributed by atoms with Crippen LogP contribution in [-0.2, 0) is 13.1 Å². The first-order valence-corrected chi connectivity index (χ1v) is 6.01. The van der Waals surface area contributed by atoms with Gasteiger partial charge in [0.25, 0.3) is 0 Å². The van der Waals surface area contributed by atoms with Crippen LogP contribution in [0.15, 0.2) is 42.6 Å². The van der Waals surface area contributed by atoms with Gasteiger partial charge in [0.1, 0.15) is 17.5 Å². The Labute approximate surface area is 112 Å². The Morgan fingerprint density at radius 2 is 2.16 bits per heavy atom. The lowest BCUT2D eigenvalue weighted by Gasteiger charge is -2.07. The molecule has 1 heterocycles. The third-order valence-corrected chi connectivity index (χ3v) is 2.78. The summed E-state index contributed by atoms with van der Waals surface area (Å²) >= 11 is 0. The molecule has 1 N–H and O–H groups in total. The first kappa shape index (κ1) is 13.1. The number of nitrogens with one attached hydrogen (secondary N) is 1.